The highest BCUT2D eigenvalue weighted by molar-refractivity contribution is 5.77. The molecule has 0 aromatic rings. The van der Waals surface area contributed by atoms with Crippen molar-refractivity contribution in [3.05, 3.63) is 0 Å². The quantitative estimate of drug-likeness (QED) is 0.758. The van der Waals surface area contributed by atoms with Crippen LogP contribution in [0.15, 0.2) is 0 Å². The largest absolute Gasteiger partial charge is 0.397 e. The molecule has 2 rings (SSSR count). The van der Waals surface area contributed by atoms with Crippen molar-refractivity contribution in [3.63, 3.8) is 0 Å². The number of carbonyl (C=O) groups excluding carboxylic acids is 1. The maximum absolute atomic E-state index is 12.2. The maximum Gasteiger partial charge on any atom is 0.397 e. The Kier molecular flexibility index (Phi) is 3.58. The van der Waals surface area contributed by atoms with Gasteiger partial charge in [-0.2, -0.15) is 13.2 Å². The van der Waals surface area contributed by atoms with Crippen LogP contribution in [0, 0.1) is 11.8 Å². The average Bonchev–Trinajstić information content (AvgIpc) is 2.47. The van der Waals surface area contributed by atoms with Crippen LogP contribution in [0.2, 0.25) is 0 Å². The first-order chi connectivity index (χ1) is 8.28. The second-order valence-corrected chi connectivity index (χ2v) is 5.61. The van der Waals surface area contributed by atoms with Crippen LogP contribution in [0.4, 0.5) is 13.2 Å². The molecule has 0 aromatic heterocycles. The average molecular weight is 264 g/mol. The van der Waals surface area contributed by atoms with Gasteiger partial charge < -0.3 is 9.80 Å². The third-order valence-electron chi connectivity index (χ3n) is 4.16. The highest BCUT2D eigenvalue weighted by atomic mass is 19.4. The van der Waals surface area contributed by atoms with E-state index in [1.165, 1.54) is 11.9 Å². The van der Waals surface area contributed by atoms with Crippen molar-refractivity contribution < 1.29 is 18.0 Å². The number of hydrogen-bond acceptors (Lipinski definition) is 2. The fraction of sp³-hybridized carbons (Fsp3) is 0.917. The molecule has 0 spiro atoms. The lowest BCUT2D eigenvalue weighted by molar-refractivity contribution is -0.163. The molecule has 2 fully saturated rings. The molecule has 6 heteroatoms. The van der Waals surface area contributed by atoms with E-state index in [0.717, 1.165) is 25.9 Å². The fourth-order valence-electron chi connectivity index (χ4n) is 3.52. The predicted molar refractivity (Wildman–Crippen MR) is 60.9 cm³/mol. The first-order valence-corrected chi connectivity index (χ1v) is 6.29. The van der Waals surface area contributed by atoms with Crippen molar-refractivity contribution in [3.8, 4) is 0 Å². The van der Waals surface area contributed by atoms with E-state index in [-0.39, 0.29) is 6.04 Å². The van der Waals surface area contributed by atoms with Crippen molar-refractivity contribution in [2.24, 2.45) is 11.8 Å². The maximum atomic E-state index is 12.2. The number of halogens is 3. The Labute approximate surface area is 105 Å². The molecule has 18 heavy (non-hydrogen) atoms. The van der Waals surface area contributed by atoms with Gasteiger partial charge in [0.05, 0.1) is 0 Å². The molecule has 104 valence electrons. The Morgan fingerprint density at radius 1 is 1.28 bits per heavy atom. The summed E-state index contributed by atoms with van der Waals surface area (Å²) in [6.07, 6.45) is -3.71. The summed E-state index contributed by atoms with van der Waals surface area (Å²) in [7, 11) is 3.55. The highest BCUT2D eigenvalue weighted by Crippen LogP contribution is 2.39. The van der Waals surface area contributed by atoms with Gasteiger partial charge in [-0.25, -0.2) is 0 Å². The Morgan fingerprint density at radius 3 is 2.22 bits per heavy atom. The molecule has 1 heterocycles. The summed E-state index contributed by atoms with van der Waals surface area (Å²) in [6.45, 7) is 1.76. The third kappa shape index (κ3) is 2.79. The molecule has 1 saturated heterocycles. The molecule has 0 radical (unpaired) electrons. The third-order valence-corrected chi connectivity index (χ3v) is 4.16. The Bertz CT molecular complexity index is 318. The molecule has 2 aliphatic rings. The Hall–Kier alpha value is -0.780. The van der Waals surface area contributed by atoms with Crippen LogP contribution in [0.3, 0.4) is 0 Å². The van der Waals surface area contributed by atoms with E-state index < -0.39 is 18.5 Å². The molecule has 3 atom stereocenters. The molecular weight excluding hydrogens is 245 g/mol. The van der Waals surface area contributed by atoms with E-state index in [2.05, 4.69) is 4.90 Å². The van der Waals surface area contributed by atoms with Gasteiger partial charge in [-0.05, 0) is 31.7 Å². The monoisotopic (exact) mass is 264 g/mol. The number of hydrogen-bond donors (Lipinski definition) is 0. The van der Waals surface area contributed by atoms with Gasteiger partial charge >= 0.3 is 6.18 Å². The molecule has 1 saturated carbocycles. The summed E-state index contributed by atoms with van der Waals surface area (Å²) in [5, 5.41) is 0. The van der Waals surface area contributed by atoms with Gasteiger partial charge in [0, 0.05) is 26.2 Å². The van der Waals surface area contributed by atoms with Crippen LogP contribution >= 0.6 is 0 Å². The van der Waals surface area contributed by atoms with Crippen molar-refractivity contribution >= 4 is 5.91 Å². The summed E-state index contributed by atoms with van der Waals surface area (Å²) in [6, 6.07) is -0.00366. The minimum absolute atomic E-state index is 0.00366. The van der Waals surface area contributed by atoms with Crippen LogP contribution in [-0.2, 0) is 4.79 Å². The summed E-state index contributed by atoms with van der Waals surface area (Å²) in [5.41, 5.74) is 0. The van der Waals surface area contributed by atoms with E-state index in [1.807, 2.05) is 7.05 Å². The van der Waals surface area contributed by atoms with Crippen LogP contribution < -0.4 is 0 Å². The van der Waals surface area contributed by atoms with Gasteiger partial charge in [0.1, 0.15) is 6.42 Å². The van der Waals surface area contributed by atoms with Gasteiger partial charge in [-0.3, -0.25) is 4.79 Å². The van der Waals surface area contributed by atoms with E-state index >= 15 is 0 Å². The second-order valence-electron chi connectivity index (χ2n) is 5.61. The standard InChI is InChI=1S/C12H19F3N2O/c1-16-6-8-3-4-9(7-16)11(8)17(2)10(18)5-12(13,14)15/h8-9,11H,3-7H2,1-2H3/t8-,9+,11+. The predicted octanol–water partition coefficient (Wildman–Crippen LogP) is 1.74. The lowest BCUT2D eigenvalue weighted by atomic mass is 9.91. The first kappa shape index (κ1) is 13.6. The van der Waals surface area contributed by atoms with E-state index in [1.54, 1.807) is 0 Å². The normalized spacial score (nSPS) is 32.6. The SMILES string of the molecule is CN1C[C@H]2CC[C@@H](C1)[C@H]2N(C)C(=O)CC(F)(F)F. The molecule has 1 aliphatic carbocycles. The van der Waals surface area contributed by atoms with Gasteiger partial charge in [0.2, 0.25) is 5.91 Å². The number of fused-ring (bicyclic) bond motifs is 2. The first-order valence-electron chi connectivity index (χ1n) is 6.29. The second kappa shape index (κ2) is 4.72. The molecule has 0 N–H and O–H groups in total. The highest BCUT2D eigenvalue weighted by Gasteiger charge is 2.45. The number of alkyl halides is 3. The number of rotatable bonds is 2. The van der Waals surface area contributed by atoms with Crippen LogP contribution in [0.25, 0.3) is 0 Å². The van der Waals surface area contributed by atoms with Crippen molar-refractivity contribution in [1.82, 2.24) is 9.80 Å². The molecule has 0 aromatic carbocycles. The Balaban J connectivity index is 2.01. The smallest absolute Gasteiger partial charge is 0.342 e. The van der Waals surface area contributed by atoms with Crippen LogP contribution in [0.1, 0.15) is 19.3 Å². The summed E-state index contributed by atoms with van der Waals surface area (Å²) in [4.78, 5) is 15.2. The fourth-order valence-corrected chi connectivity index (χ4v) is 3.52. The minimum Gasteiger partial charge on any atom is -0.342 e. The van der Waals surface area contributed by atoms with Crippen molar-refractivity contribution in [1.29, 1.82) is 0 Å². The van der Waals surface area contributed by atoms with Crippen molar-refractivity contribution in [2.75, 3.05) is 27.2 Å². The van der Waals surface area contributed by atoms with Crippen molar-refractivity contribution in [2.45, 2.75) is 31.5 Å². The van der Waals surface area contributed by atoms with Gasteiger partial charge in [0.25, 0.3) is 0 Å². The summed E-state index contributed by atoms with van der Waals surface area (Å²) >= 11 is 0. The topological polar surface area (TPSA) is 23.6 Å². The number of amides is 1. The number of nitrogens with zero attached hydrogens (tertiary/aromatic N) is 2. The number of likely N-dealkylation sites (tertiary alicyclic amines) is 1. The zero-order valence-corrected chi connectivity index (χ0v) is 10.7. The van der Waals surface area contributed by atoms with E-state index in [4.69, 9.17) is 0 Å². The van der Waals surface area contributed by atoms with E-state index in [9.17, 15) is 18.0 Å². The molecule has 3 nitrogen and oxygen atoms in total. The molecule has 1 aliphatic heterocycles. The van der Waals surface area contributed by atoms with Gasteiger partial charge in [-0.15, -0.1) is 0 Å². The summed E-state index contributed by atoms with van der Waals surface area (Å²) < 4.78 is 36.7. The Morgan fingerprint density at radius 2 is 1.78 bits per heavy atom. The molecule has 1 amide bonds. The van der Waals surface area contributed by atoms with Gasteiger partial charge in [-0.1, -0.05) is 0 Å². The zero-order chi connectivity index (χ0) is 13.5. The lowest BCUT2D eigenvalue weighted by Gasteiger charge is -2.41. The molecule has 0 unspecified atom stereocenters. The lowest BCUT2D eigenvalue weighted by Crippen LogP contribution is -2.52. The summed E-state index contributed by atoms with van der Waals surface area (Å²) in [5.74, 6) is -0.138. The number of carbonyl (C=O) groups is 1. The van der Waals surface area contributed by atoms with Crippen LogP contribution in [0.5, 0.6) is 0 Å². The molecular formula is C12H19F3N2O. The minimum atomic E-state index is -4.41. The van der Waals surface area contributed by atoms with Gasteiger partial charge in [0.15, 0.2) is 0 Å². The van der Waals surface area contributed by atoms with Crippen LogP contribution in [-0.4, -0.2) is 55.1 Å². The zero-order valence-electron chi connectivity index (χ0n) is 10.7. The van der Waals surface area contributed by atoms with E-state index in [0.29, 0.717) is 11.8 Å². The number of piperidine rings is 1. The molecule has 2 bridgehead atoms.